The number of nitrogens with two attached hydrogens (primary N) is 1. The van der Waals surface area contributed by atoms with Crippen LogP contribution in [0.3, 0.4) is 0 Å². The van der Waals surface area contributed by atoms with Crippen LogP contribution in [0, 0.1) is 0 Å². The van der Waals surface area contributed by atoms with E-state index < -0.39 is 11.8 Å². The lowest BCUT2D eigenvalue weighted by atomic mass is 10.2. The SMILES string of the molecule is NC(=O)CNC(=O)c1cccc(SCC(=O)NC[C@H]2CN(Cc3ccc(Cl)c(Cl)c3)CCO2)c1. The minimum atomic E-state index is -0.616. The highest BCUT2D eigenvalue weighted by Crippen LogP contribution is 2.24. The molecule has 4 N–H and O–H groups in total. The van der Waals surface area contributed by atoms with Gasteiger partial charge in [0.15, 0.2) is 0 Å². The Morgan fingerprint density at radius 2 is 1.94 bits per heavy atom. The fraction of sp³-hybridized carbons (Fsp3) is 0.348. The van der Waals surface area contributed by atoms with Crippen molar-refractivity contribution in [2.75, 3.05) is 38.5 Å². The Labute approximate surface area is 212 Å². The van der Waals surface area contributed by atoms with Crippen molar-refractivity contribution in [1.82, 2.24) is 15.5 Å². The van der Waals surface area contributed by atoms with E-state index >= 15 is 0 Å². The maximum Gasteiger partial charge on any atom is 0.251 e. The number of carbonyl (C=O) groups excluding carboxylic acids is 3. The number of ether oxygens (including phenoxy) is 1. The lowest BCUT2D eigenvalue weighted by molar-refractivity contribution is -0.120. The molecule has 1 atom stereocenters. The lowest BCUT2D eigenvalue weighted by Gasteiger charge is -2.33. The first-order valence-corrected chi connectivity index (χ1v) is 12.4. The van der Waals surface area contributed by atoms with Gasteiger partial charge in [-0.05, 0) is 35.9 Å². The van der Waals surface area contributed by atoms with Crippen molar-refractivity contribution in [3.63, 3.8) is 0 Å². The molecule has 8 nitrogen and oxygen atoms in total. The van der Waals surface area contributed by atoms with E-state index in [1.807, 2.05) is 18.2 Å². The molecule has 0 aromatic heterocycles. The molecule has 1 aliphatic rings. The number of rotatable bonds is 10. The van der Waals surface area contributed by atoms with Crippen LogP contribution in [-0.4, -0.2) is 67.3 Å². The number of halogens is 2. The second-order valence-electron chi connectivity index (χ2n) is 7.75. The number of benzene rings is 2. The summed E-state index contributed by atoms with van der Waals surface area (Å²) < 4.78 is 5.80. The molecule has 34 heavy (non-hydrogen) atoms. The van der Waals surface area contributed by atoms with E-state index in [0.717, 1.165) is 23.5 Å². The Morgan fingerprint density at radius 1 is 1.12 bits per heavy atom. The molecule has 182 valence electrons. The van der Waals surface area contributed by atoms with Crippen molar-refractivity contribution >= 4 is 52.7 Å². The summed E-state index contributed by atoms with van der Waals surface area (Å²) in [6, 6.07) is 12.4. The van der Waals surface area contributed by atoms with E-state index in [2.05, 4.69) is 15.5 Å². The van der Waals surface area contributed by atoms with E-state index in [0.29, 0.717) is 35.3 Å². The molecule has 2 aromatic carbocycles. The highest BCUT2D eigenvalue weighted by Gasteiger charge is 2.21. The van der Waals surface area contributed by atoms with Crippen LogP contribution in [0.2, 0.25) is 10.0 Å². The molecule has 1 fully saturated rings. The van der Waals surface area contributed by atoms with Gasteiger partial charge in [0.1, 0.15) is 0 Å². The Hall–Kier alpha value is -2.30. The Morgan fingerprint density at radius 3 is 2.71 bits per heavy atom. The maximum absolute atomic E-state index is 12.3. The first-order chi connectivity index (χ1) is 16.3. The second kappa shape index (κ2) is 13.0. The molecule has 0 aliphatic carbocycles. The Balaban J connectivity index is 1.41. The standard InChI is InChI=1S/C23H26Cl2N4O4S/c24-19-5-4-15(8-20(19)25)12-29-6-7-33-17(13-29)10-27-22(31)14-34-18-3-1-2-16(9-18)23(32)28-11-21(26)30/h1-5,8-9,17H,6-7,10-14H2,(H2,26,30)(H,27,31)(H,28,32)/t17-/m0/s1. The number of nitrogens with zero attached hydrogens (tertiary/aromatic N) is 1. The summed E-state index contributed by atoms with van der Waals surface area (Å²) in [5.74, 6) is -0.939. The highest BCUT2D eigenvalue weighted by molar-refractivity contribution is 8.00. The number of hydrogen-bond donors (Lipinski definition) is 3. The smallest absolute Gasteiger partial charge is 0.251 e. The number of nitrogens with one attached hydrogen (secondary N) is 2. The van der Waals surface area contributed by atoms with Crippen molar-refractivity contribution in [1.29, 1.82) is 0 Å². The van der Waals surface area contributed by atoms with Crippen LogP contribution >= 0.6 is 35.0 Å². The maximum atomic E-state index is 12.3. The third-order valence-electron chi connectivity index (χ3n) is 5.03. The number of carbonyl (C=O) groups is 3. The molecule has 0 bridgehead atoms. The number of morpholine rings is 1. The van der Waals surface area contributed by atoms with E-state index in [9.17, 15) is 14.4 Å². The predicted octanol–water partition coefficient (Wildman–Crippen LogP) is 2.32. The number of primary amides is 1. The van der Waals surface area contributed by atoms with Crippen molar-refractivity contribution in [2.45, 2.75) is 17.5 Å². The average Bonchev–Trinajstić information content (AvgIpc) is 2.82. The normalized spacial score (nSPS) is 16.1. The summed E-state index contributed by atoms with van der Waals surface area (Å²) in [6.07, 6.45) is -0.109. The molecule has 0 unspecified atom stereocenters. The fourth-order valence-electron chi connectivity index (χ4n) is 3.37. The topological polar surface area (TPSA) is 114 Å². The summed E-state index contributed by atoms with van der Waals surface area (Å²) >= 11 is 13.4. The van der Waals surface area contributed by atoms with Crippen LogP contribution in [0.5, 0.6) is 0 Å². The van der Waals surface area contributed by atoms with Crippen molar-refractivity contribution in [3.8, 4) is 0 Å². The van der Waals surface area contributed by atoms with Crippen LogP contribution in [-0.2, 0) is 20.9 Å². The zero-order valence-electron chi connectivity index (χ0n) is 18.4. The Kier molecular flexibility index (Phi) is 10.0. The van der Waals surface area contributed by atoms with Crippen molar-refractivity contribution in [2.24, 2.45) is 5.73 Å². The summed E-state index contributed by atoms with van der Waals surface area (Å²) in [6.45, 7) is 2.98. The third-order valence-corrected chi connectivity index (χ3v) is 6.76. The summed E-state index contributed by atoms with van der Waals surface area (Å²) in [5.41, 5.74) is 6.50. The minimum Gasteiger partial charge on any atom is -0.374 e. The van der Waals surface area contributed by atoms with Crippen LogP contribution in [0.15, 0.2) is 47.4 Å². The van der Waals surface area contributed by atoms with Crippen LogP contribution in [0.25, 0.3) is 0 Å². The minimum absolute atomic E-state index is 0.109. The quantitative estimate of drug-likeness (QED) is 0.411. The Bertz CT molecular complexity index is 1040. The van der Waals surface area contributed by atoms with Gasteiger partial charge in [0.05, 0.1) is 35.1 Å². The third kappa shape index (κ3) is 8.48. The highest BCUT2D eigenvalue weighted by atomic mass is 35.5. The van der Waals surface area contributed by atoms with Gasteiger partial charge in [0, 0.05) is 36.6 Å². The zero-order valence-corrected chi connectivity index (χ0v) is 20.7. The summed E-state index contributed by atoms with van der Waals surface area (Å²) in [5, 5.41) is 6.42. The molecule has 2 aromatic rings. The first kappa shape index (κ1) is 26.3. The van der Waals surface area contributed by atoms with E-state index in [1.54, 1.807) is 24.3 Å². The molecule has 1 aliphatic heterocycles. The van der Waals surface area contributed by atoms with Gasteiger partial charge < -0.3 is 21.1 Å². The van der Waals surface area contributed by atoms with Crippen LogP contribution < -0.4 is 16.4 Å². The monoisotopic (exact) mass is 524 g/mol. The molecule has 1 heterocycles. The lowest BCUT2D eigenvalue weighted by Crippen LogP contribution is -2.47. The van der Waals surface area contributed by atoms with Gasteiger partial charge in [-0.25, -0.2) is 0 Å². The van der Waals surface area contributed by atoms with Gasteiger partial charge in [-0.2, -0.15) is 0 Å². The average molecular weight is 525 g/mol. The number of thioether (sulfide) groups is 1. The van der Waals surface area contributed by atoms with Gasteiger partial charge in [-0.3, -0.25) is 19.3 Å². The first-order valence-electron chi connectivity index (χ1n) is 10.6. The second-order valence-corrected chi connectivity index (χ2v) is 9.61. The number of hydrogen-bond acceptors (Lipinski definition) is 6. The number of amides is 3. The van der Waals surface area contributed by atoms with Gasteiger partial charge in [-0.1, -0.05) is 35.3 Å². The van der Waals surface area contributed by atoms with E-state index in [-0.39, 0.29) is 24.3 Å². The molecule has 0 spiro atoms. The van der Waals surface area contributed by atoms with Gasteiger partial charge >= 0.3 is 0 Å². The largest absolute Gasteiger partial charge is 0.374 e. The summed E-state index contributed by atoms with van der Waals surface area (Å²) in [7, 11) is 0. The molecule has 0 saturated carbocycles. The molecular weight excluding hydrogens is 499 g/mol. The van der Waals surface area contributed by atoms with Gasteiger partial charge in [0.25, 0.3) is 5.91 Å². The predicted molar refractivity (Wildman–Crippen MR) is 133 cm³/mol. The molecule has 0 radical (unpaired) electrons. The summed E-state index contributed by atoms with van der Waals surface area (Å²) in [4.78, 5) is 38.2. The van der Waals surface area contributed by atoms with E-state index in [1.165, 1.54) is 11.8 Å². The van der Waals surface area contributed by atoms with E-state index in [4.69, 9.17) is 33.7 Å². The van der Waals surface area contributed by atoms with Gasteiger partial charge in [-0.15, -0.1) is 11.8 Å². The van der Waals surface area contributed by atoms with Gasteiger partial charge in [0.2, 0.25) is 11.8 Å². The van der Waals surface area contributed by atoms with Crippen molar-refractivity contribution < 1.29 is 19.1 Å². The van der Waals surface area contributed by atoms with Crippen LogP contribution in [0.1, 0.15) is 15.9 Å². The fourth-order valence-corrected chi connectivity index (χ4v) is 4.47. The molecule has 1 saturated heterocycles. The van der Waals surface area contributed by atoms with Crippen molar-refractivity contribution in [3.05, 3.63) is 63.6 Å². The molecular formula is C23H26Cl2N4O4S. The molecule has 3 rings (SSSR count). The molecule has 3 amide bonds. The van der Waals surface area contributed by atoms with Crippen LogP contribution in [0.4, 0.5) is 0 Å². The molecule has 11 heteroatoms. The zero-order chi connectivity index (χ0) is 24.5.